The van der Waals surface area contributed by atoms with Crippen LogP contribution < -0.4 is 5.32 Å². The van der Waals surface area contributed by atoms with E-state index >= 15 is 0 Å². The van der Waals surface area contributed by atoms with Crippen molar-refractivity contribution in [3.63, 3.8) is 0 Å². The third kappa shape index (κ3) is 7.62. The predicted molar refractivity (Wildman–Crippen MR) is 107 cm³/mol. The zero-order valence-electron chi connectivity index (χ0n) is 16.9. The second kappa shape index (κ2) is 9.26. The molecule has 0 bridgehead atoms. The number of nitrogens with zero attached hydrogens (tertiary/aromatic N) is 2. The number of aromatic nitrogens is 2. The van der Waals surface area contributed by atoms with E-state index in [0.29, 0.717) is 23.5 Å². The van der Waals surface area contributed by atoms with Gasteiger partial charge >= 0.3 is 6.09 Å². The molecule has 0 fully saturated rings. The summed E-state index contributed by atoms with van der Waals surface area (Å²) in [5, 5.41) is 11.6. The molecule has 1 atom stereocenters. The van der Waals surface area contributed by atoms with Crippen LogP contribution in [0.1, 0.15) is 64.1 Å². The molecule has 27 heavy (non-hydrogen) atoms. The van der Waals surface area contributed by atoms with Crippen LogP contribution in [0.25, 0.3) is 0 Å². The number of thioether (sulfide) groups is 1. The number of alkyl carbamates (subject to hydrolysis) is 1. The highest BCUT2D eigenvalue weighted by Crippen LogP contribution is 2.26. The van der Waals surface area contributed by atoms with E-state index in [1.807, 2.05) is 20.8 Å². The molecule has 1 N–H and O–H groups in total. The van der Waals surface area contributed by atoms with Crippen molar-refractivity contribution in [3.05, 3.63) is 41.3 Å². The average molecular weight is 392 g/mol. The van der Waals surface area contributed by atoms with Gasteiger partial charge in [0.1, 0.15) is 11.6 Å². The highest BCUT2D eigenvalue weighted by Gasteiger charge is 2.25. The molecule has 6 nitrogen and oxygen atoms in total. The van der Waals surface area contributed by atoms with Crippen LogP contribution in [-0.4, -0.2) is 21.9 Å². The maximum Gasteiger partial charge on any atom is 0.408 e. The highest BCUT2D eigenvalue weighted by molar-refractivity contribution is 7.98. The minimum atomic E-state index is -0.559. The number of carbonyl (C=O) groups is 1. The first kappa shape index (κ1) is 21.3. The Morgan fingerprint density at radius 1 is 1.22 bits per heavy atom. The summed E-state index contributed by atoms with van der Waals surface area (Å²) in [6, 6.07) is 7.97. The summed E-state index contributed by atoms with van der Waals surface area (Å²) in [6.45, 7) is 11.7. The third-order valence-corrected chi connectivity index (χ3v) is 4.49. The summed E-state index contributed by atoms with van der Waals surface area (Å²) in [4.78, 5) is 12.1. The van der Waals surface area contributed by atoms with E-state index in [2.05, 4.69) is 60.6 Å². The SMILES string of the molecule is Cc1ccc(CSc2nnc(C(CC(C)C)NC(=O)OC(C)(C)C)o2)cc1. The fraction of sp³-hybridized carbons (Fsp3) is 0.550. The van der Waals surface area contributed by atoms with Crippen LogP contribution in [0.15, 0.2) is 33.9 Å². The van der Waals surface area contributed by atoms with Crippen molar-refractivity contribution in [2.45, 2.75) is 70.6 Å². The standard InChI is InChI=1S/C20H29N3O3S/c1-13(2)11-16(21-18(24)26-20(4,5)6)17-22-23-19(25-17)27-12-15-9-7-14(3)8-10-15/h7-10,13,16H,11-12H2,1-6H3,(H,21,24). The third-order valence-electron chi connectivity index (χ3n) is 3.60. The van der Waals surface area contributed by atoms with Crippen LogP contribution in [-0.2, 0) is 10.5 Å². The average Bonchev–Trinajstić information content (AvgIpc) is 3.00. The first-order valence-electron chi connectivity index (χ1n) is 9.13. The molecule has 0 aliphatic carbocycles. The van der Waals surface area contributed by atoms with Crippen LogP contribution in [0, 0.1) is 12.8 Å². The van der Waals surface area contributed by atoms with Crippen LogP contribution in [0.2, 0.25) is 0 Å². The topological polar surface area (TPSA) is 77.2 Å². The summed E-state index contributed by atoms with van der Waals surface area (Å²) >= 11 is 1.48. The lowest BCUT2D eigenvalue weighted by Crippen LogP contribution is -2.35. The molecule has 148 valence electrons. The Kier molecular flexibility index (Phi) is 7.30. The van der Waals surface area contributed by atoms with E-state index in [-0.39, 0.29) is 6.04 Å². The minimum Gasteiger partial charge on any atom is -0.444 e. The lowest BCUT2D eigenvalue weighted by molar-refractivity contribution is 0.0487. The van der Waals surface area contributed by atoms with E-state index < -0.39 is 11.7 Å². The largest absolute Gasteiger partial charge is 0.444 e. The highest BCUT2D eigenvalue weighted by atomic mass is 32.2. The molecular formula is C20H29N3O3S. The molecular weight excluding hydrogens is 362 g/mol. The number of benzene rings is 1. The second-order valence-corrected chi connectivity index (χ2v) is 8.94. The monoisotopic (exact) mass is 391 g/mol. The maximum atomic E-state index is 12.1. The minimum absolute atomic E-state index is 0.348. The van der Waals surface area contributed by atoms with E-state index in [4.69, 9.17) is 9.15 Å². The van der Waals surface area contributed by atoms with Gasteiger partial charge in [0, 0.05) is 5.75 Å². The molecule has 7 heteroatoms. The zero-order valence-corrected chi connectivity index (χ0v) is 17.7. The van der Waals surface area contributed by atoms with Gasteiger partial charge < -0.3 is 14.5 Å². The molecule has 1 heterocycles. The van der Waals surface area contributed by atoms with Gasteiger partial charge in [0.05, 0.1) is 0 Å². The van der Waals surface area contributed by atoms with Gasteiger partial charge in [-0.1, -0.05) is 55.4 Å². The van der Waals surface area contributed by atoms with Gasteiger partial charge in [-0.05, 0) is 45.6 Å². The molecule has 0 aliphatic heterocycles. The van der Waals surface area contributed by atoms with Gasteiger partial charge in [0.15, 0.2) is 0 Å². The number of amides is 1. The van der Waals surface area contributed by atoms with Gasteiger partial charge in [-0.15, -0.1) is 10.2 Å². The van der Waals surface area contributed by atoms with Crippen molar-refractivity contribution in [2.24, 2.45) is 5.92 Å². The number of aryl methyl sites for hydroxylation is 1. The van der Waals surface area contributed by atoms with Gasteiger partial charge in [-0.25, -0.2) is 4.79 Å². The van der Waals surface area contributed by atoms with Crippen molar-refractivity contribution in [3.8, 4) is 0 Å². The lowest BCUT2D eigenvalue weighted by atomic mass is 10.0. The maximum absolute atomic E-state index is 12.1. The Morgan fingerprint density at radius 2 is 1.89 bits per heavy atom. The summed E-state index contributed by atoms with van der Waals surface area (Å²) in [5.74, 6) is 1.50. The van der Waals surface area contributed by atoms with Crippen LogP contribution in [0.5, 0.6) is 0 Å². The fourth-order valence-corrected chi connectivity index (χ4v) is 3.12. The number of carbonyl (C=O) groups excluding carboxylic acids is 1. The first-order valence-corrected chi connectivity index (χ1v) is 10.1. The van der Waals surface area contributed by atoms with Crippen LogP contribution in [0.4, 0.5) is 4.79 Å². The van der Waals surface area contributed by atoms with E-state index in [1.54, 1.807) is 0 Å². The van der Waals surface area contributed by atoms with Crippen molar-refractivity contribution < 1.29 is 13.9 Å². The zero-order chi connectivity index (χ0) is 20.0. The lowest BCUT2D eigenvalue weighted by Gasteiger charge is -2.22. The molecule has 0 saturated carbocycles. The van der Waals surface area contributed by atoms with Gasteiger partial charge in [0.2, 0.25) is 5.89 Å². The Labute approximate surface area is 165 Å². The number of hydrogen-bond acceptors (Lipinski definition) is 6. The van der Waals surface area contributed by atoms with Crippen molar-refractivity contribution in [1.82, 2.24) is 15.5 Å². The smallest absolute Gasteiger partial charge is 0.408 e. The first-order chi connectivity index (χ1) is 12.6. The van der Waals surface area contributed by atoms with Crippen LogP contribution >= 0.6 is 11.8 Å². The van der Waals surface area contributed by atoms with E-state index in [9.17, 15) is 4.79 Å². The molecule has 2 aromatic rings. The predicted octanol–water partition coefficient (Wildman–Crippen LogP) is 5.28. The molecule has 0 saturated heterocycles. The molecule has 0 aliphatic rings. The number of nitrogens with one attached hydrogen (secondary N) is 1. The molecule has 0 radical (unpaired) electrons. The van der Waals surface area contributed by atoms with E-state index in [0.717, 1.165) is 5.75 Å². The van der Waals surface area contributed by atoms with Crippen molar-refractivity contribution >= 4 is 17.9 Å². The van der Waals surface area contributed by atoms with Gasteiger partial charge in [0.25, 0.3) is 5.22 Å². The van der Waals surface area contributed by atoms with Gasteiger partial charge in [-0.2, -0.15) is 0 Å². The Morgan fingerprint density at radius 3 is 2.48 bits per heavy atom. The second-order valence-electron chi connectivity index (χ2n) is 8.01. The molecule has 1 unspecified atom stereocenters. The Hall–Kier alpha value is -2.02. The quantitative estimate of drug-likeness (QED) is 0.647. The van der Waals surface area contributed by atoms with Crippen molar-refractivity contribution in [2.75, 3.05) is 0 Å². The number of rotatable bonds is 7. The molecule has 1 aromatic heterocycles. The Balaban J connectivity index is 2.01. The van der Waals surface area contributed by atoms with Crippen LogP contribution in [0.3, 0.4) is 0 Å². The molecule has 1 amide bonds. The summed E-state index contributed by atoms with van der Waals surface area (Å²) in [6.07, 6.45) is 0.198. The summed E-state index contributed by atoms with van der Waals surface area (Å²) < 4.78 is 11.1. The molecule has 1 aromatic carbocycles. The van der Waals surface area contributed by atoms with Gasteiger partial charge in [-0.3, -0.25) is 0 Å². The fourth-order valence-electron chi connectivity index (χ4n) is 2.39. The van der Waals surface area contributed by atoms with Crippen molar-refractivity contribution in [1.29, 1.82) is 0 Å². The number of hydrogen-bond donors (Lipinski definition) is 1. The normalized spacial score (nSPS) is 12.9. The van der Waals surface area contributed by atoms with E-state index in [1.165, 1.54) is 22.9 Å². The molecule has 2 rings (SSSR count). The summed E-state index contributed by atoms with van der Waals surface area (Å²) in [5.41, 5.74) is 1.86. The Bertz CT molecular complexity index is 736. The summed E-state index contributed by atoms with van der Waals surface area (Å²) in [7, 11) is 0. The molecule has 0 spiro atoms. The number of ether oxygens (including phenoxy) is 1.